The summed E-state index contributed by atoms with van der Waals surface area (Å²) in [7, 11) is 0. The van der Waals surface area contributed by atoms with Crippen LogP contribution in [0.1, 0.15) is 46.5 Å². The van der Waals surface area contributed by atoms with E-state index in [1.807, 2.05) is 0 Å². The highest BCUT2D eigenvalue weighted by Gasteiger charge is 2.28. The van der Waals surface area contributed by atoms with E-state index in [1.54, 1.807) is 0 Å². The molecule has 0 amide bonds. The zero-order valence-corrected chi connectivity index (χ0v) is 9.84. The van der Waals surface area contributed by atoms with E-state index < -0.39 is 0 Å². The van der Waals surface area contributed by atoms with E-state index in [4.69, 9.17) is 5.11 Å². The molecule has 84 valence electrons. The third-order valence-electron chi connectivity index (χ3n) is 3.24. The van der Waals surface area contributed by atoms with Crippen molar-refractivity contribution >= 4 is 0 Å². The van der Waals surface area contributed by atoms with E-state index in [1.165, 1.54) is 12.8 Å². The molecule has 0 radical (unpaired) electrons. The summed E-state index contributed by atoms with van der Waals surface area (Å²) in [5, 5.41) is 12.4. The van der Waals surface area contributed by atoms with Crippen LogP contribution in [0.3, 0.4) is 0 Å². The van der Waals surface area contributed by atoms with E-state index >= 15 is 0 Å². The van der Waals surface area contributed by atoms with Gasteiger partial charge < -0.3 is 10.4 Å². The molecule has 0 saturated heterocycles. The van der Waals surface area contributed by atoms with Crippen LogP contribution in [0.25, 0.3) is 0 Å². The van der Waals surface area contributed by atoms with Crippen molar-refractivity contribution < 1.29 is 5.11 Å². The Labute approximate surface area is 88.1 Å². The van der Waals surface area contributed by atoms with Crippen molar-refractivity contribution in [3.05, 3.63) is 0 Å². The van der Waals surface area contributed by atoms with Gasteiger partial charge in [0.1, 0.15) is 0 Å². The first-order chi connectivity index (χ1) is 6.55. The minimum atomic E-state index is 0.321. The monoisotopic (exact) mass is 199 g/mol. The Morgan fingerprint density at radius 1 is 1.43 bits per heavy atom. The van der Waals surface area contributed by atoms with Crippen LogP contribution in [-0.2, 0) is 0 Å². The molecule has 1 unspecified atom stereocenters. The van der Waals surface area contributed by atoms with Crippen molar-refractivity contribution in [3.8, 4) is 0 Å². The van der Waals surface area contributed by atoms with E-state index in [2.05, 4.69) is 26.1 Å². The van der Waals surface area contributed by atoms with Crippen LogP contribution in [-0.4, -0.2) is 24.3 Å². The highest BCUT2D eigenvalue weighted by atomic mass is 16.2. The fourth-order valence-corrected chi connectivity index (χ4v) is 1.85. The Morgan fingerprint density at radius 3 is 2.57 bits per heavy atom. The molecule has 2 N–H and O–H groups in total. The second-order valence-electron chi connectivity index (χ2n) is 5.50. The second-order valence-corrected chi connectivity index (χ2v) is 5.50. The van der Waals surface area contributed by atoms with Crippen LogP contribution in [0.4, 0.5) is 0 Å². The molecule has 1 aliphatic carbocycles. The van der Waals surface area contributed by atoms with Gasteiger partial charge in [0.2, 0.25) is 0 Å². The van der Waals surface area contributed by atoms with Gasteiger partial charge in [0.05, 0.1) is 0 Å². The Balaban J connectivity index is 2.13. The molecule has 1 fully saturated rings. The fourth-order valence-electron chi connectivity index (χ4n) is 1.85. The van der Waals surface area contributed by atoms with E-state index in [-0.39, 0.29) is 0 Å². The number of aliphatic hydroxyl groups excluding tert-OH is 1. The summed E-state index contributed by atoms with van der Waals surface area (Å²) in [5.74, 6) is 0.934. The first kappa shape index (κ1) is 12.0. The lowest BCUT2D eigenvalue weighted by atomic mass is 9.87. The van der Waals surface area contributed by atoms with Gasteiger partial charge in [-0.05, 0) is 43.9 Å². The molecule has 0 bridgehead atoms. The average Bonchev–Trinajstić information content (AvgIpc) is 2.94. The molecule has 2 heteroatoms. The van der Waals surface area contributed by atoms with E-state index in [9.17, 15) is 0 Å². The molecular formula is C12H25NO. The minimum absolute atomic E-state index is 0.321. The zero-order valence-electron chi connectivity index (χ0n) is 9.84. The molecule has 0 spiro atoms. The first-order valence-electron chi connectivity index (χ1n) is 5.89. The standard InChI is InChI=1S/C12H25NO/c1-10(11-5-6-11)13-9-12(2,3)7-4-8-14/h10-11,13-14H,4-9H2,1-3H3. The van der Waals surface area contributed by atoms with E-state index in [0.29, 0.717) is 18.1 Å². The largest absolute Gasteiger partial charge is 0.396 e. The average molecular weight is 199 g/mol. The maximum absolute atomic E-state index is 8.78. The maximum Gasteiger partial charge on any atom is 0.0431 e. The van der Waals surface area contributed by atoms with Crippen molar-refractivity contribution in [2.24, 2.45) is 11.3 Å². The lowest BCUT2D eigenvalue weighted by molar-refractivity contribution is 0.231. The summed E-state index contributed by atoms with van der Waals surface area (Å²) in [6, 6.07) is 0.684. The van der Waals surface area contributed by atoms with Gasteiger partial charge >= 0.3 is 0 Å². The Hall–Kier alpha value is -0.0800. The lowest BCUT2D eigenvalue weighted by Gasteiger charge is -2.27. The number of rotatable bonds is 7. The SMILES string of the molecule is CC(NCC(C)(C)CCCO)C1CC1. The predicted molar refractivity (Wildman–Crippen MR) is 60.3 cm³/mol. The number of hydrogen-bond acceptors (Lipinski definition) is 2. The Kier molecular flexibility index (Phi) is 4.39. The summed E-state index contributed by atoms with van der Waals surface area (Å²) in [6.07, 6.45) is 4.84. The smallest absolute Gasteiger partial charge is 0.0431 e. The van der Waals surface area contributed by atoms with E-state index in [0.717, 1.165) is 25.3 Å². The summed E-state index contributed by atoms with van der Waals surface area (Å²) in [4.78, 5) is 0. The van der Waals surface area contributed by atoms with Gasteiger partial charge in [-0.25, -0.2) is 0 Å². The number of aliphatic hydroxyl groups is 1. The lowest BCUT2D eigenvalue weighted by Crippen LogP contribution is -2.36. The van der Waals surface area contributed by atoms with Gasteiger partial charge in [0, 0.05) is 19.2 Å². The van der Waals surface area contributed by atoms with Crippen molar-refractivity contribution in [1.29, 1.82) is 0 Å². The predicted octanol–water partition coefficient (Wildman–Crippen LogP) is 2.17. The number of nitrogens with one attached hydrogen (secondary N) is 1. The molecule has 0 aromatic carbocycles. The van der Waals surface area contributed by atoms with Gasteiger partial charge in [-0.15, -0.1) is 0 Å². The molecule has 0 aromatic heterocycles. The molecule has 14 heavy (non-hydrogen) atoms. The van der Waals surface area contributed by atoms with Gasteiger partial charge in [0.25, 0.3) is 0 Å². The quantitative estimate of drug-likeness (QED) is 0.658. The molecule has 2 nitrogen and oxygen atoms in total. The molecule has 0 heterocycles. The van der Waals surface area contributed by atoms with Crippen molar-refractivity contribution in [1.82, 2.24) is 5.32 Å². The van der Waals surface area contributed by atoms with Crippen LogP contribution < -0.4 is 5.32 Å². The molecule has 1 rings (SSSR count). The molecule has 1 saturated carbocycles. The van der Waals surface area contributed by atoms with Crippen LogP contribution >= 0.6 is 0 Å². The summed E-state index contributed by atoms with van der Waals surface area (Å²) in [5.41, 5.74) is 0.325. The van der Waals surface area contributed by atoms with Crippen LogP contribution in [0, 0.1) is 11.3 Å². The van der Waals surface area contributed by atoms with Crippen molar-refractivity contribution in [2.45, 2.75) is 52.5 Å². The normalized spacial score (nSPS) is 19.7. The second kappa shape index (κ2) is 5.13. The van der Waals surface area contributed by atoms with Gasteiger partial charge in [-0.2, -0.15) is 0 Å². The van der Waals surface area contributed by atoms with Gasteiger partial charge in [-0.3, -0.25) is 0 Å². The third-order valence-corrected chi connectivity index (χ3v) is 3.24. The highest BCUT2D eigenvalue weighted by Crippen LogP contribution is 2.32. The summed E-state index contributed by atoms with van der Waals surface area (Å²) >= 11 is 0. The molecular weight excluding hydrogens is 174 g/mol. The molecule has 1 aliphatic rings. The number of hydrogen-bond donors (Lipinski definition) is 2. The van der Waals surface area contributed by atoms with Crippen LogP contribution in [0.15, 0.2) is 0 Å². The van der Waals surface area contributed by atoms with Gasteiger partial charge in [0.15, 0.2) is 0 Å². The summed E-state index contributed by atoms with van der Waals surface area (Å²) < 4.78 is 0. The third kappa shape index (κ3) is 4.43. The van der Waals surface area contributed by atoms with Gasteiger partial charge in [-0.1, -0.05) is 13.8 Å². The molecule has 0 aromatic rings. The summed E-state index contributed by atoms with van der Waals surface area (Å²) in [6.45, 7) is 8.23. The Morgan fingerprint density at radius 2 is 2.07 bits per heavy atom. The zero-order chi connectivity index (χ0) is 10.6. The van der Waals surface area contributed by atoms with Crippen LogP contribution in [0.2, 0.25) is 0 Å². The highest BCUT2D eigenvalue weighted by molar-refractivity contribution is 4.84. The molecule has 0 aliphatic heterocycles. The van der Waals surface area contributed by atoms with Crippen LogP contribution in [0.5, 0.6) is 0 Å². The van der Waals surface area contributed by atoms with Crippen molar-refractivity contribution in [2.75, 3.05) is 13.2 Å². The molecule has 1 atom stereocenters. The maximum atomic E-state index is 8.78. The topological polar surface area (TPSA) is 32.3 Å². The first-order valence-corrected chi connectivity index (χ1v) is 5.89. The fraction of sp³-hybridized carbons (Fsp3) is 1.00. The van der Waals surface area contributed by atoms with Crippen molar-refractivity contribution in [3.63, 3.8) is 0 Å². The minimum Gasteiger partial charge on any atom is -0.396 e. The Bertz CT molecular complexity index is 164.